The van der Waals surface area contributed by atoms with Gasteiger partial charge in [-0.25, -0.2) is 13.8 Å². The van der Waals surface area contributed by atoms with Gasteiger partial charge in [-0.3, -0.25) is 4.57 Å². The lowest BCUT2D eigenvalue weighted by molar-refractivity contribution is 0.258. The van der Waals surface area contributed by atoms with E-state index in [1.807, 2.05) is 6.92 Å². The van der Waals surface area contributed by atoms with Gasteiger partial charge >= 0.3 is 7.60 Å². The van der Waals surface area contributed by atoms with Crippen molar-refractivity contribution in [2.75, 3.05) is 14.2 Å². The summed E-state index contributed by atoms with van der Waals surface area (Å²) in [4.78, 5) is 2.34. The molecule has 0 bridgehead atoms. The highest BCUT2D eigenvalue weighted by atomic mass is 32.2. The van der Waals surface area contributed by atoms with Gasteiger partial charge in [-0.15, -0.1) is 4.83 Å². The lowest BCUT2D eigenvalue weighted by Gasteiger charge is -2.25. The van der Waals surface area contributed by atoms with Crippen molar-refractivity contribution < 1.29 is 22.0 Å². The Kier molecular flexibility index (Phi) is 6.51. The quantitative estimate of drug-likeness (QED) is 0.537. The summed E-state index contributed by atoms with van der Waals surface area (Å²) in [5.41, 5.74) is 4.08. The van der Waals surface area contributed by atoms with Crippen molar-refractivity contribution in [1.29, 1.82) is 0 Å². The Hall–Kier alpha value is -1.54. The van der Waals surface area contributed by atoms with Gasteiger partial charge in [-0.05, 0) is 24.6 Å². The molecule has 9 heteroatoms. The van der Waals surface area contributed by atoms with Crippen molar-refractivity contribution in [1.82, 2.24) is 10.3 Å². The molecule has 0 aromatic heterocycles. The topological polar surface area (TPSA) is 93.7 Å². The molecule has 1 unspecified atom stereocenters. The number of aryl methyl sites for hydroxylation is 1. The minimum Gasteiger partial charge on any atom is -0.311 e. The van der Waals surface area contributed by atoms with Crippen LogP contribution in [0.15, 0.2) is 59.5 Å². The van der Waals surface area contributed by atoms with Crippen LogP contribution in [0.1, 0.15) is 16.9 Å². The van der Waals surface area contributed by atoms with Gasteiger partial charge in [0.05, 0.1) is 4.90 Å². The van der Waals surface area contributed by atoms with Crippen LogP contribution in [0.5, 0.6) is 0 Å². The van der Waals surface area contributed by atoms with Crippen molar-refractivity contribution in [3.8, 4) is 0 Å². The fourth-order valence-electron chi connectivity index (χ4n) is 2.18. The average Bonchev–Trinajstić information content (AvgIpc) is 2.62. The number of benzene rings is 2. The number of rotatable bonds is 8. The zero-order valence-electron chi connectivity index (χ0n) is 14.2. The summed E-state index contributed by atoms with van der Waals surface area (Å²) in [6, 6.07) is 15.0. The summed E-state index contributed by atoms with van der Waals surface area (Å²) in [5, 5.41) is 0. The van der Waals surface area contributed by atoms with E-state index in [1.165, 1.54) is 26.4 Å². The summed E-state index contributed by atoms with van der Waals surface area (Å²) >= 11 is 0. The van der Waals surface area contributed by atoms with Crippen molar-refractivity contribution in [2.24, 2.45) is 0 Å². The minimum atomic E-state index is -3.85. The van der Waals surface area contributed by atoms with Crippen molar-refractivity contribution in [3.63, 3.8) is 0 Å². The van der Waals surface area contributed by atoms with Crippen LogP contribution >= 0.6 is 7.60 Å². The Labute approximate surface area is 147 Å². The van der Waals surface area contributed by atoms with Gasteiger partial charge in [0.1, 0.15) is 5.78 Å². The highest BCUT2D eigenvalue weighted by molar-refractivity contribution is 7.89. The van der Waals surface area contributed by atoms with E-state index < -0.39 is 23.4 Å². The van der Waals surface area contributed by atoms with Crippen molar-refractivity contribution >= 4 is 17.6 Å². The second-order valence-electron chi connectivity index (χ2n) is 5.28. The summed E-state index contributed by atoms with van der Waals surface area (Å²) in [6.07, 6.45) is 0. The van der Waals surface area contributed by atoms with E-state index in [-0.39, 0.29) is 4.90 Å². The zero-order chi connectivity index (χ0) is 18.5. The molecule has 0 saturated carbocycles. The van der Waals surface area contributed by atoms with Crippen LogP contribution in [0.25, 0.3) is 0 Å². The fourth-order valence-corrected chi connectivity index (χ4v) is 4.48. The first-order valence-corrected chi connectivity index (χ1v) is 10.5. The summed E-state index contributed by atoms with van der Waals surface area (Å²) in [7, 11) is -4.99. The summed E-state index contributed by atoms with van der Waals surface area (Å²) in [6.45, 7) is 1.86. The summed E-state index contributed by atoms with van der Waals surface area (Å²) < 4.78 is 47.7. The average molecular weight is 384 g/mol. The molecule has 0 aliphatic heterocycles. The molecule has 2 rings (SSSR count). The van der Waals surface area contributed by atoms with Gasteiger partial charge < -0.3 is 9.05 Å². The molecule has 2 N–H and O–H groups in total. The standard InChI is InChI=1S/C16H21N2O5PS/c1-13-9-11-15(12-10-13)25(20,21)18-17-16(24(19,22-2)23-3)14-7-5-4-6-8-14/h4-12,16-18H,1-3H3. The normalized spacial score (nSPS) is 13.6. The van der Waals surface area contributed by atoms with Crippen LogP contribution < -0.4 is 10.3 Å². The number of nitrogens with one attached hydrogen (secondary N) is 2. The van der Waals surface area contributed by atoms with Crippen LogP contribution in [0.3, 0.4) is 0 Å². The van der Waals surface area contributed by atoms with Gasteiger partial charge in [0.2, 0.25) is 0 Å². The first-order valence-electron chi connectivity index (χ1n) is 7.42. The summed E-state index contributed by atoms with van der Waals surface area (Å²) in [5.74, 6) is -1.01. The molecule has 0 heterocycles. The maximum absolute atomic E-state index is 12.8. The Morgan fingerprint density at radius 2 is 1.52 bits per heavy atom. The molecule has 136 valence electrons. The van der Waals surface area contributed by atoms with Crippen LogP contribution in [0.4, 0.5) is 0 Å². The van der Waals surface area contributed by atoms with Gasteiger partial charge in [0.25, 0.3) is 10.0 Å². The third kappa shape index (κ3) is 4.76. The SMILES string of the molecule is COP(=O)(OC)C(NNS(=O)(=O)c1ccc(C)cc1)c1ccccc1. The predicted octanol–water partition coefficient (Wildman–Crippen LogP) is 2.96. The van der Waals surface area contributed by atoms with Gasteiger partial charge in [-0.1, -0.05) is 48.0 Å². The Balaban J connectivity index is 2.28. The maximum Gasteiger partial charge on any atom is 0.352 e. The second-order valence-corrected chi connectivity index (χ2v) is 9.29. The van der Waals surface area contributed by atoms with E-state index in [4.69, 9.17) is 9.05 Å². The molecule has 0 spiro atoms. The Bertz CT molecular complexity index is 833. The highest BCUT2D eigenvalue weighted by Gasteiger charge is 2.36. The zero-order valence-corrected chi connectivity index (χ0v) is 15.9. The predicted molar refractivity (Wildman–Crippen MR) is 95.4 cm³/mol. The number of hydrogen-bond acceptors (Lipinski definition) is 6. The molecule has 2 aromatic rings. The molecule has 25 heavy (non-hydrogen) atoms. The number of hydrogen-bond donors (Lipinski definition) is 2. The number of hydrazine groups is 1. The Morgan fingerprint density at radius 3 is 2.04 bits per heavy atom. The number of sulfonamides is 1. The van der Waals surface area contributed by atoms with E-state index >= 15 is 0 Å². The first-order chi connectivity index (χ1) is 11.8. The third-order valence-corrected chi connectivity index (χ3v) is 6.96. The fraction of sp³-hybridized carbons (Fsp3) is 0.250. The third-order valence-electron chi connectivity index (χ3n) is 3.60. The maximum atomic E-state index is 12.8. The molecule has 0 saturated heterocycles. The van der Waals surface area contributed by atoms with Crippen LogP contribution in [0, 0.1) is 6.92 Å². The lowest BCUT2D eigenvalue weighted by Crippen LogP contribution is -2.40. The molecular weight excluding hydrogens is 363 g/mol. The molecule has 0 radical (unpaired) electrons. The van der Waals surface area contributed by atoms with E-state index in [9.17, 15) is 13.0 Å². The van der Waals surface area contributed by atoms with Crippen LogP contribution in [-0.2, 0) is 23.6 Å². The minimum absolute atomic E-state index is 0.0853. The van der Waals surface area contributed by atoms with E-state index in [0.29, 0.717) is 5.56 Å². The molecule has 0 amide bonds. The molecular formula is C16H21N2O5PS. The van der Waals surface area contributed by atoms with Gasteiger partial charge in [-0.2, -0.15) is 0 Å². The largest absolute Gasteiger partial charge is 0.352 e. The van der Waals surface area contributed by atoms with Gasteiger partial charge in [0, 0.05) is 14.2 Å². The highest BCUT2D eigenvalue weighted by Crippen LogP contribution is 2.58. The van der Waals surface area contributed by atoms with Crippen molar-refractivity contribution in [2.45, 2.75) is 17.6 Å². The monoisotopic (exact) mass is 384 g/mol. The van der Waals surface area contributed by atoms with E-state index in [0.717, 1.165) is 5.56 Å². The van der Waals surface area contributed by atoms with E-state index in [2.05, 4.69) is 10.3 Å². The molecule has 0 aliphatic carbocycles. The van der Waals surface area contributed by atoms with Gasteiger partial charge in [0.15, 0.2) is 0 Å². The van der Waals surface area contributed by atoms with E-state index in [1.54, 1.807) is 42.5 Å². The first kappa shape index (κ1) is 19.8. The molecule has 0 fully saturated rings. The molecule has 1 atom stereocenters. The second kappa shape index (κ2) is 8.23. The Morgan fingerprint density at radius 1 is 0.960 bits per heavy atom. The van der Waals surface area contributed by atoms with Crippen LogP contribution in [0.2, 0.25) is 0 Å². The van der Waals surface area contributed by atoms with Crippen LogP contribution in [-0.4, -0.2) is 22.6 Å². The smallest absolute Gasteiger partial charge is 0.311 e. The molecule has 0 aliphatic rings. The molecule has 2 aromatic carbocycles. The van der Waals surface area contributed by atoms with Crippen molar-refractivity contribution in [3.05, 3.63) is 65.7 Å². The lowest BCUT2D eigenvalue weighted by atomic mass is 10.2. The molecule has 7 nitrogen and oxygen atoms in total.